The number of nitrogens with zero attached hydrogens (tertiary/aromatic N) is 1. The van der Waals surface area contributed by atoms with Gasteiger partial charge in [0.15, 0.2) is 0 Å². The number of ether oxygens (including phenoxy) is 1. The number of aromatic nitrogens is 1. The van der Waals surface area contributed by atoms with Gasteiger partial charge in [-0.2, -0.15) is 0 Å². The van der Waals surface area contributed by atoms with Gasteiger partial charge in [-0.3, -0.25) is 19.8 Å². The van der Waals surface area contributed by atoms with Crippen LogP contribution < -0.4 is 10.8 Å². The maximum Gasteiger partial charge on any atom is 0.323 e. The first-order valence-electron chi connectivity index (χ1n) is 10.7. The van der Waals surface area contributed by atoms with Crippen molar-refractivity contribution in [3.63, 3.8) is 0 Å². The molecule has 7 nitrogen and oxygen atoms in total. The Morgan fingerprint density at radius 3 is 2.52 bits per heavy atom. The second-order valence-corrected chi connectivity index (χ2v) is 8.00. The average molecular weight is 402 g/mol. The highest BCUT2D eigenvalue weighted by Gasteiger charge is 2.32. The standard InChI is InChI=1S/C22H31N3O4/c26-20(25-28)13-12-18-11-10-16(14-23-18)15-24-21(17-6-2-1-3-7-17)22(27)29-19-8-4-5-9-19/h10-14,17,19,21,24,28H,1-9,15H2,(H,25,26)/t21-/m0/s1. The van der Waals surface area contributed by atoms with E-state index in [2.05, 4.69) is 10.3 Å². The molecule has 0 aromatic carbocycles. The zero-order valence-electron chi connectivity index (χ0n) is 16.8. The Morgan fingerprint density at radius 1 is 1.14 bits per heavy atom. The smallest absolute Gasteiger partial charge is 0.323 e. The van der Waals surface area contributed by atoms with Crippen molar-refractivity contribution in [1.82, 2.24) is 15.8 Å². The summed E-state index contributed by atoms with van der Waals surface area (Å²) in [6, 6.07) is 3.44. The maximum atomic E-state index is 12.9. The third-order valence-electron chi connectivity index (χ3n) is 5.85. The average Bonchev–Trinajstić information content (AvgIpc) is 3.26. The fraction of sp³-hybridized carbons (Fsp3) is 0.591. The highest BCUT2D eigenvalue weighted by molar-refractivity contribution is 5.90. The summed E-state index contributed by atoms with van der Waals surface area (Å²) >= 11 is 0. The molecule has 1 heterocycles. The van der Waals surface area contributed by atoms with Crippen LogP contribution in [0.15, 0.2) is 24.4 Å². The maximum absolute atomic E-state index is 12.9. The van der Waals surface area contributed by atoms with Gasteiger partial charge in [0.2, 0.25) is 0 Å². The third kappa shape index (κ3) is 6.65. The summed E-state index contributed by atoms with van der Waals surface area (Å²) in [4.78, 5) is 28.2. The summed E-state index contributed by atoms with van der Waals surface area (Å²) in [5.41, 5.74) is 3.11. The molecule has 0 aliphatic heterocycles. The molecule has 0 radical (unpaired) electrons. The summed E-state index contributed by atoms with van der Waals surface area (Å²) in [5, 5.41) is 11.9. The Balaban J connectivity index is 1.58. The summed E-state index contributed by atoms with van der Waals surface area (Å²) in [6.07, 6.45) is 14.5. The van der Waals surface area contributed by atoms with E-state index in [-0.39, 0.29) is 18.1 Å². The van der Waals surface area contributed by atoms with Crippen molar-refractivity contribution in [3.8, 4) is 0 Å². The first-order chi connectivity index (χ1) is 14.2. The zero-order chi connectivity index (χ0) is 20.5. The van der Waals surface area contributed by atoms with E-state index in [9.17, 15) is 9.59 Å². The number of esters is 1. The molecule has 2 aliphatic rings. The van der Waals surface area contributed by atoms with Gasteiger partial charge in [-0.15, -0.1) is 0 Å². The minimum absolute atomic E-state index is 0.0826. The van der Waals surface area contributed by atoms with Gasteiger partial charge in [0, 0.05) is 18.8 Å². The molecule has 0 unspecified atom stereocenters. The Morgan fingerprint density at radius 2 is 1.86 bits per heavy atom. The van der Waals surface area contributed by atoms with Gasteiger partial charge >= 0.3 is 5.97 Å². The second kappa shape index (κ2) is 11.1. The molecule has 1 amide bonds. The third-order valence-corrected chi connectivity index (χ3v) is 5.85. The van der Waals surface area contributed by atoms with Gasteiger partial charge in [0.1, 0.15) is 12.1 Å². The highest BCUT2D eigenvalue weighted by atomic mass is 16.5. The number of hydrogen-bond donors (Lipinski definition) is 3. The van der Waals surface area contributed by atoms with Crippen molar-refractivity contribution in [2.45, 2.75) is 76.5 Å². The topological polar surface area (TPSA) is 101 Å². The lowest BCUT2D eigenvalue weighted by Crippen LogP contribution is -2.45. The van der Waals surface area contributed by atoms with Crippen molar-refractivity contribution < 1.29 is 19.5 Å². The predicted octanol–water partition coefficient (Wildman–Crippen LogP) is 3.12. The number of carbonyl (C=O) groups is 2. The van der Waals surface area contributed by atoms with Crippen molar-refractivity contribution in [2.75, 3.05) is 0 Å². The summed E-state index contributed by atoms with van der Waals surface area (Å²) in [6.45, 7) is 0.537. The van der Waals surface area contributed by atoms with Crippen molar-refractivity contribution in [3.05, 3.63) is 35.7 Å². The van der Waals surface area contributed by atoms with E-state index in [4.69, 9.17) is 9.94 Å². The molecule has 7 heteroatoms. The fourth-order valence-corrected chi connectivity index (χ4v) is 4.22. The van der Waals surface area contributed by atoms with Crippen LogP contribution in [0.3, 0.4) is 0 Å². The van der Waals surface area contributed by atoms with Crippen LogP contribution in [-0.4, -0.2) is 34.2 Å². The van der Waals surface area contributed by atoms with Gasteiger partial charge in [-0.05, 0) is 62.1 Å². The fourth-order valence-electron chi connectivity index (χ4n) is 4.22. The van der Waals surface area contributed by atoms with Crippen LogP contribution in [0.2, 0.25) is 0 Å². The lowest BCUT2D eigenvalue weighted by Gasteiger charge is -2.30. The first kappa shape index (κ1) is 21.5. The molecular formula is C22H31N3O4. The van der Waals surface area contributed by atoms with Gasteiger partial charge in [0.05, 0.1) is 5.69 Å². The molecular weight excluding hydrogens is 370 g/mol. The second-order valence-electron chi connectivity index (χ2n) is 8.00. The van der Waals surface area contributed by atoms with E-state index < -0.39 is 5.91 Å². The largest absolute Gasteiger partial charge is 0.461 e. The number of hydroxylamine groups is 1. The van der Waals surface area contributed by atoms with Crippen LogP contribution in [0, 0.1) is 5.92 Å². The molecule has 0 saturated heterocycles. The van der Waals surface area contributed by atoms with Crippen molar-refractivity contribution >= 4 is 18.0 Å². The van der Waals surface area contributed by atoms with Crippen molar-refractivity contribution in [2.24, 2.45) is 5.92 Å². The van der Waals surface area contributed by atoms with Gasteiger partial charge in [0.25, 0.3) is 5.91 Å². The number of rotatable bonds is 8. The molecule has 1 atom stereocenters. The van der Waals surface area contributed by atoms with Crippen LogP contribution in [-0.2, 0) is 20.9 Å². The van der Waals surface area contributed by atoms with Gasteiger partial charge in [-0.25, -0.2) is 5.48 Å². The molecule has 1 aromatic heterocycles. The highest BCUT2D eigenvalue weighted by Crippen LogP contribution is 2.29. The Hall–Kier alpha value is -2.25. The summed E-state index contributed by atoms with van der Waals surface area (Å²) < 4.78 is 5.81. The minimum Gasteiger partial charge on any atom is -0.461 e. The van der Waals surface area contributed by atoms with E-state index in [1.165, 1.54) is 36.9 Å². The van der Waals surface area contributed by atoms with Crippen LogP contribution >= 0.6 is 0 Å². The molecule has 2 saturated carbocycles. The molecule has 1 aromatic rings. The van der Waals surface area contributed by atoms with E-state index in [1.807, 2.05) is 6.07 Å². The number of hydrogen-bond acceptors (Lipinski definition) is 6. The quantitative estimate of drug-likeness (QED) is 0.268. The minimum atomic E-state index is -0.603. The lowest BCUT2D eigenvalue weighted by molar-refractivity contribution is -0.153. The normalized spacial score (nSPS) is 19.3. The molecule has 0 bridgehead atoms. The molecule has 3 rings (SSSR count). The molecule has 2 aliphatic carbocycles. The SMILES string of the molecule is O=C(C=Cc1ccc(CN[C@H](C(=O)OC2CCCC2)C2CCCCC2)cn1)NO. The number of carbonyl (C=O) groups excluding carboxylic acids is 2. The molecule has 2 fully saturated rings. The van der Waals surface area contributed by atoms with E-state index in [0.29, 0.717) is 18.2 Å². The summed E-state index contributed by atoms with van der Waals surface area (Å²) in [5.74, 6) is -0.384. The Labute approximate surface area is 171 Å². The van der Waals surface area contributed by atoms with E-state index in [0.717, 1.165) is 44.1 Å². The number of amides is 1. The monoisotopic (exact) mass is 401 g/mol. The molecule has 3 N–H and O–H groups in total. The summed E-state index contributed by atoms with van der Waals surface area (Å²) in [7, 11) is 0. The van der Waals surface area contributed by atoms with Crippen molar-refractivity contribution in [1.29, 1.82) is 0 Å². The number of pyridine rings is 1. The van der Waals surface area contributed by atoms with Gasteiger partial charge in [-0.1, -0.05) is 25.3 Å². The molecule has 158 valence electrons. The van der Waals surface area contributed by atoms with E-state index >= 15 is 0 Å². The molecule has 29 heavy (non-hydrogen) atoms. The van der Waals surface area contributed by atoms with Crippen LogP contribution in [0.25, 0.3) is 6.08 Å². The van der Waals surface area contributed by atoms with Crippen LogP contribution in [0.4, 0.5) is 0 Å². The first-order valence-corrected chi connectivity index (χ1v) is 10.7. The Kier molecular flexibility index (Phi) is 8.19. The van der Waals surface area contributed by atoms with E-state index in [1.54, 1.807) is 12.3 Å². The predicted molar refractivity (Wildman–Crippen MR) is 109 cm³/mol. The van der Waals surface area contributed by atoms with Gasteiger partial charge < -0.3 is 10.1 Å². The molecule has 0 spiro atoms. The zero-order valence-corrected chi connectivity index (χ0v) is 16.8. The number of nitrogens with one attached hydrogen (secondary N) is 2. The Bertz CT molecular complexity index is 693. The van der Waals surface area contributed by atoms with Crippen LogP contribution in [0.1, 0.15) is 69.0 Å². The van der Waals surface area contributed by atoms with Crippen LogP contribution in [0.5, 0.6) is 0 Å². The lowest BCUT2D eigenvalue weighted by atomic mass is 9.83.